The van der Waals surface area contributed by atoms with Gasteiger partial charge in [-0.15, -0.1) is 0 Å². The van der Waals surface area contributed by atoms with Crippen LogP contribution in [0.5, 0.6) is 0 Å². The van der Waals surface area contributed by atoms with Gasteiger partial charge in [0.1, 0.15) is 0 Å². The number of unbranched alkanes of at least 4 members (excludes halogenated alkanes) is 1. The van der Waals surface area contributed by atoms with Crippen molar-refractivity contribution in [2.45, 2.75) is 38.0 Å². The molecule has 0 aromatic heterocycles. The van der Waals surface area contributed by atoms with Gasteiger partial charge in [-0.2, -0.15) is 0 Å². The number of hydrogen-bond donors (Lipinski definition) is 1. The lowest BCUT2D eigenvalue weighted by Crippen LogP contribution is -2.00. The highest BCUT2D eigenvalue weighted by Crippen LogP contribution is 2.20. The molecule has 0 amide bonds. The Balaban J connectivity index is 1.67. The molecule has 0 heterocycles. The van der Waals surface area contributed by atoms with Crippen LogP contribution in [0.3, 0.4) is 0 Å². The number of carboxylic acids is 1. The Hall–Kier alpha value is -3.31. The number of carboxylic acid groups (broad SMARTS) is 1. The summed E-state index contributed by atoms with van der Waals surface area (Å²) < 4.78 is 0. The minimum atomic E-state index is -0.723. The first-order valence-corrected chi connectivity index (χ1v) is 10.1. The molecule has 2 heteroatoms. The second kappa shape index (κ2) is 10.9. The molecule has 146 valence electrons. The van der Waals surface area contributed by atoms with E-state index >= 15 is 0 Å². The fourth-order valence-electron chi connectivity index (χ4n) is 3.32. The maximum absolute atomic E-state index is 10.6. The molecule has 1 N–H and O–H groups in total. The van der Waals surface area contributed by atoms with Gasteiger partial charge in [0.05, 0.1) is 0 Å². The van der Waals surface area contributed by atoms with Crippen LogP contribution >= 0.6 is 0 Å². The van der Waals surface area contributed by atoms with Crippen LogP contribution in [0.1, 0.15) is 47.4 Å². The Kier molecular flexibility index (Phi) is 7.66. The van der Waals surface area contributed by atoms with Gasteiger partial charge in [0.15, 0.2) is 0 Å². The molecule has 0 radical (unpaired) electrons. The van der Waals surface area contributed by atoms with E-state index in [-0.39, 0.29) is 12.3 Å². The molecule has 0 saturated heterocycles. The van der Waals surface area contributed by atoms with Crippen LogP contribution in [0.25, 0.3) is 0 Å². The normalized spacial score (nSPS) is 11.3. The van der Waals surface area contributed by atoms with Crippen molar-refractivity contribution in [3.05, 3.63) is 107 Å². The van der Waals surface area contributed by atoms with Crippen molar-refractivity contribution < 1.29 is 9.90 Å². The van der Waals surface area contributed by atoms with E-state index in [4.69, 9.17) is 5.11 Å². The van der Waals surface area contributed by atoms with Gasteiger partial charge in [-0.05, 0) is 54.5 Å². The van der Waals surface area contributed by atoms with Crippen LogP contribution in [-0.2, 0) is 17.6 Å². The Morgan fingerprint density at radius 1 is 0.793 bits per heavy atom. The van der Waals surface area contributed by atoms with Crippen molar-refractivity contribution in [2.75, 3.05) is 0 Å². The van der Waals surface area contributed by atoms with Crippen molar-refractivity contribution >= 4 is 5.97 Å². The standard InChI is InChI=1S/C27H26O2/c28-27(29)14-8-7-9-22-15-17-23(18-16-22)19-20-26(25-12-5-2-6-13-25)21-24-10-3-1-4-11-24/h1-6,10-13,15-18,26H,7-9,14,21H2,(H,28,29). The van der Waals surface area contributed by atoms with E-state index in [0.717, 1.165) is 31.2 Å². The number of hydrogen-bond acceptors (Lipinski definition) is 1. The molecule has 0 bridgehead atoms. The molecule has 0 fully saturated rings. The molecule has 0 aliphatic heterocycles. The highest BCUT2D eigenvalue weighted by Gasteiger charge is 2.09. The average molecular weight is 383 g/mol. The van der Waals surface area contributed by atoms with Crippen molar-refractivity contribution in [1.82, 2.24) is 0 Å². The van der Waals surface area contributed by atoms with Crippen molar-refractivity contribution in [2.24, 2.45) is 0 Å². The van der Waals surface area contributed by atoms with Gasteiger partial charge in [0.25, 0.3) is 0 Å². The molecule has 3 aromatic carbocycles. The van der Waals surface area contributed by atoms with E-state index in [2.05, 4.69) is 84.6 Å². The zero-order chi connectivity index (χ0) is 20.3. The average Bonchev–Trinajstić information content (AvgIpc) is 2.76. The number of carbonyl (C=O) groups is 1. The number of rotatable bonds is 8. The molecule has 0 aliphatic rings. The van der Waals surface area contributed by atoms with Crippen molar-refractivity contribution in [1.29, 1.82) is 0 Å². The fraction of sp³-hybridized carbons (Fsp3) is 0.222. The second-order valence-electron chi connectivity index (χ2n) is 7.22. The molecular formula is C27H26O2. The SMILES string of the molecule is O=C(O)CCCCc1ccc(C#CC(Cc2ccccc2)c2ccccc2)cc1. The van der Waals surface area contributed by atoms with E-state index in [1.54, 1.807) is 0 Å². The summed E-state index contributed by atoms with van der Waals surface area (Å²) >= 11 is 0. The first kappa shape index (κ1) is 20.4. The lowest BCUT2D eigenvalue weighted by atomic mass is 9.92. The molecular weight excluding hydrogens is 356 g/mol. The molecule has 0 spiro atoms. The van der Waals surface area contributed by atoms with E-state index in [1.807, 2.05) is 12.1 Å². The van der Waals surface area contributed by atoms with Crippen LogP contribution in [0.2, 0.25) is 0 Å². The summed E-state index contributed by atoms with van der Waals surface area (Å²) in [6.45, 7) is 0. The van der Waals surface area contributed by atoms with Crippen LogP contribution in [0, 0.1) is 11.8 Å². The van der Waals surface area contributed by atoms with Crippen molar-refractivity contribution in [3.63, 3.8) is 0 Å². The van der Waals surface area contributed by atoms with Crippen LogP contribution in [0.15, 0.2) is 84.9 Å². The first-order valence-electron chi connectivity index (χ1n) is 10.1. The molecule has 0 aliphatic carbocycles. The molecule has 1 atom stereocenters. The Morgan fingerprint density at radius 3 is 2.10 bits per heavy atom. The zero-order valence-corrected chi connectivity index (χ0v) is 16.6. The number of aliphatic carboxylic acids is 1. The quantitative estimate of drug-likeness (QED) is 0.391. The molecule has 3 rings (SSSR count). The Bertz CT molecular complexity index is 948. The fourth-order valence-corrected chi connectivity index (χ4v) is 3.32. The summed E-state index contributed by atoms with van der Waals surface area (Å²) in [5.74, 6) is 6.24. The summed E-state index contributed by atoms with van der Waals surface area (Å²) in [6.07, 6.45) is 3.65. The van der Waals surface area contributed by atoms with Crippen LogP contribution < -0.4 is 0 Å². The minimum absolute atomic E-state index is 0.147. The van der Waals surface area contributed by atoms with E-state index in [1.165, 1.54) is 16.7 Å². The summed E-state index contributed by atoms with van der Waals surface area (Å²) in [5, 5.41) is 8.71. The van der Waals surface area contributed by atoms with Gasteiger partial charge in [-0.25, -0.2) is 0 Å². The van der Waals surface area contributed by atoms with E-state index in [9.17, 15) is 4.79 Å². The lowest BCUT2D eigenvalue weighted by molar-refractivity contribution is -0.137. The maximum Gasteiger partial charge on any atom is 0.303 e. The largest absolute Gasteiger partial charge is 0.481 e. The lowest BCUT2D eigenvalue weighted by Gasteiger charge is -2.11. The Labute approximate surface area is 173 Å². The first-order chi connectivity index (χ1) is 14.2. The summed E-state index contributed by atoms with van der Waals surface area (Å²) in [5.41, 5.74) is 4.75. The molecule has 3 aromatic rings. The predicted octanol–water partition coefficient (Wildman–Crippen LogP) is 5.86. The topological polar surface area (TPSA) is 37.3 Å². The van der Waals surface area contributed by atoms with Crippen LogP contribution in [-0.4, -0.2) is 11.1 Å². The second-order valence-corrected chi connectivity index (χ2v) is 7.22. The van der Waals surface area contributed by atoms with Gasteiger partial charge in [0.2, 0.25) is 0 Å². The molecule has 2 nitrogen and oxygen atoms in total. The minimum Gasteiger partial charge on any atom is -0.481 e. The Morgan fingerprint density at radius 2 is 1.45 bits per heavy atom. The third-order valence-corrected chi connectivity index (χ3v) is 4.94. The van der Waals surface area contributed by atoms with Gasteiger partial charge < -0.3 is 5.11 Å². The zero-order valence-electron chi connectivity index (χ0n) is 16.6. The maximum atomic E-state index is 10.6. The van der Waals surface area contributed by atoms with E-state index < -0.39 is 5.97 Å². The van der Waals surface area contributed by atoms with Gasteiger partial charge >= 0.3 is 5.97 Å². The van der Waals surface area contributed by atoms with Gasteiger partial charge in [0, 0.05) is 17.9 Å². The molecule has 1 unspecified atom stereocenters. The number of aryl methyl sites for hydroxylation is 1. The monoisotopic (exact) mass is 382 g/mol. The molecule has 29 heavy (non-hydrogen) atoms. The van der Waals surface area contributed by atoms with Gasteiger partial charge in [-0.1, -0.05) is 84.6 Å². The third-order valence-electron chi connectivity index (χ3n) is 4.94. The summed E-state index contributed by atoms with van der Waals surface area (Å²) in [6, 6.07) is 29.2. The number of benzene rings is 3. The van der Waals surface area contributed by atoms with Crippen molar-refractivity contribution in [3.8, 4) is 11.8 Å². The highest BCUT2D eigenvalue weighted by molar-refractivity contribution is 5.66. The smallest absolute Gasteiger partial charge is 0.303 e. The van der Waals surface area contributed by atoms with E-state index in [0.29, 0.717) is 0 Å². The summed E-state index contributed by atoms with van der Waals surface area (Å²) in [7, 11) is 0. The van der Waals surface area contributed by atoms with Crippen LogP contribution in [0.4, 0.5) is 0 Å². The predicted molar refractivity (Wildman–Crippen MR) is 118 cm³/mol. The van der Waals surface area contributed by atoms with Gasteiger partial charge in [-0.3, -0.25) is 4.79 Å². The highest BCUT2D eigenvalue weighted by atomic mass is 16.4. The summed E-state index contributed by atoms with van der Waals surface area (Å²) in [4.78, 5) is 10.6. The third kappa shape index (κ3) is 6.97. The molecule has 0 saturated carbocycles.